The molecule has 0 unspecified atom stereocenters. The van der Waals surface area contributed by atoms with Crippen molar-refractivity contribution in [3.8, 4) is 17.6 Å². The normalized spacial score (nSPS) is 14.3. The SMILES string of the molecule is CO/N=C(\C1=NOCCO1)c1ccccc1Oc1nccc(OCC(Cl)(Cl)Cl)n1. The summed E-state index contributed by atoms with van der Waals surface area (Å²) in [5.74, 6) is 0.714. The van der Waals surface area contributed by atoms with Gasteiger partial charge in [0, 0.05) is 12.3 Å². The fraction of sp³-hybridized carbons (Fsp3) is 0.294. The monoisotopic (exact) mass is 460 g/mol. The van der Waals surface area contributed by atoms with E-state index in [1.807, 2.05) is 0 Å². The number of oxime groups is 2. The lowest BCUT2D eigenvalue weighted by atomic mass is 10.1. The van der Waals surface area contributed by atoms with Crippen LogP contribution in [0.15, 0.2) is 46.8 Å². The molecule has 154 valence electrons. The summed E-state index contributed by atoms with van der Waals surface area (Å²) >= 11 is 17.1. The Morgan fingerprint density at radius 3 is 2.76 bits per heavy atom. The van der Waals surface area contributed by atoms with Gasteiger partial charge in [-0.05, 0) is 17.3 Å². The molecule has 0 atom stereocenters. The van der Waals surface area contributed by atoms with Crippen molar-refractivity contribution in [3.05, 3.63) is 42.1 Å². The van der Waals surface area contributed by atoms with Crippen LogP contribution < -0.4 is 9.47 Å². The molecule has 1 aromatic carbocycles. The van der Waals surface area contributed by atoms with E-state index in [-0.39, 0.29) is 30.1 Å². The van der Waals surface area contributed by atoms with E-state index in [0.29, 0.717) is 24.5 Å². The summed E-state index contributed by atoms with van der Waals surface area (Å²) in [5.41, 5.74) is 0.807. The highest BCUT2D eigenvalue weighted by atomic mass is 35.6. The van der Waals surface area contributed by atoms with Crippen molar-refractivity contribution in [2.24, 2.45) is 10.3 Å². The van der Waals surface area contributed by atoms with Gasteiger partial charge in [-0.1, -0.05) is 52.1 Å². The Bertz CT molecular complexity index is 905. The average molecular weight is 462 g/mol. The van der Waals surface area contributed by atoms with Gasteiger partial charge < -0.3 is 23.9 Å². The highest BCUT2D eigenvalue weighted by molar-refractivity contribution is 6.67. The predicted octanol–water partition coefficient (Wildman–Crippen LogP) is 3.73. The van der Waals surface area contributed by atoms with Crippen LogP contribution >= 0.6 is 34.8 Å². The second-order valence-corrected chi connectivity index (χ2v) is 7.90. The zero-order valence-electron chi connectivity index (χ0n) is 15.0. The molecule has 2 heterocycles. The Morgan fingerprint density at radius 1 is 1.21 bits per heavy atom. The molecule has 0 bridgehead atoms. The van der Waals surface area contributed by atoms with Gasteiger partial charge >= 0.3 is 6.01 Å². The summed E-state index contributed by atoms with van der Waals surface area (Å²) in [6, 6.07) is 8.53. The van der Waals surface area contributed by atoms with E-state index in [4.69, 9.17) is 58.7 Å². The number of hydrogen-bond acceptors (Lipinski definition) is 9. The Kier molecular flexibility index (Phi) is 7.18. The number of nitrogens with zero attached hydrogens (tertiary/aromatic N) is 4. The van der Waals surface area contributed by atoms with Gasteiger partial charge in [0.05, 0.1) is 5.56 Å². The van der Waals surface area contributed by atoms with Gasteiger partial charge in [-0.3, -0.25) is 0 Å². The first-order valence-corrected chi connectivity index (χ1v) is 9.34. The Hall–Kier alpha value is -2.49. The third-order valence-electron chi connectivity index (χ3n) is 3.28. The first kappa shape index (κ1) is 21.2. The van der Waals surface area contributed by atoms with Crippen molar-refractivity contribution in [1.82, 2.24) is 9.97 Å². The van der Waals surface area contributed by atoms with Crippen LogP contribution in [-0.4, -0.2) is 52.3 Å². The molecule has 3 rings (SSSR count). The largest absolute Gasteiger partial charge is 0.473 e. The molecular formula is C17H15Cl3N4O5. The number of para-hydroxylation sites is 1. The van der Waals surface area contributed by atoms with Crippen LogP contribution in [0.4, 0.5) is 0 Å². The number of rotatable bonds is 7. The van der Waals surface area contributed by atoms with Crippen LogP contribution in [0.3, 0.4) is 0 Å². The van der Waals surface area contributed by atoms with E-state index < -0.39 is 3.79 Å². The summed E-state index contributed by atoms with van der Waals surface area (Å²) in [4.78, 5) is 18.2. The molecule has 0 spiro atoms. The third kappa shape index (κ3) is 6.25. The summed E-state index contributed by atoms with van der Waals surface area (Å²) in [6.45, 7) is 0.486. The highest BCUT2D eigenvalue weighted by Gasteiger charge is 2.23. The first-order valence-electron chi connectivity index (χ1n) is 8.20. The molecule has 29 heavy (non-hydrogen) atoms. The molecule has 1 aliphatic rings. The van der Waals surface area contributed by atoms with Gasteiger partial charge in [0.15, 0.2) is 12.3 Å². The van der Waals surface area contributed by atoms with Gasteiger partial charge in [0.1, 0.15) is 26.1 Å². The van der Waals surface area contributed by atoms with E-state index in [2.05, 4.69) is 20.3 Å². The number of hydrogen-bond donors (Lipinski definition) is 0. The zero-order chi connectivity index (χ0) is 20.7. The van der Waals surface area contributed by atoms with Crippen molar-refractivity contribution >= 4 is 46.4 Å². The van der Waals surface area contributed by atoms with E-state index in [1.165, 1.54) is 19.4 Å². The molecule has 0 N–H and O–H groups in total. The zero-order valence-corrected chi connectivity index (χ0v) is 17.3. The van der Waals surface area contributed by atoms with Crippen molar-refractivity contribution in [2.75, 3.05) is 26.9 Å². The van der Waals surface area contributed by atoms with Crippen LogP contribution in [0.2, 0.25) is 0 Å². The Morgan fingerprint density at radius 2 is 2.03 bits per heavy atom. The third-order valence-corrected chi connectivity index (χ3v) is 3.61. The minimum atomic E-state index is -1.58. The topological polar surface area (TPSA) is 96.7 Å². The smallest absolute Gasteiger partial charge is 0.325 e. The maximum absolute atomic E-state index is 5.81. The average Bonchev–Trinajstić information content (AvgIpc) is 2.72. The molecule has 1 aromatic heterocycles. The number of aromatic nitrogens is 2. The molecule has 0 saturated heterocycles. The van der Waals surface area contributed by atoms with Crippen LogP contribution in [-0.2, 0) is 14.4 Å². The lowest BCUT2D eigenvalue weighted by Gasteiger charge is -2.16. The predicted molar refractivity (Wildman–Crippen MR) is 107 cm³/mol. The summed E-state index contributed by atoms with van der Waals surface area (Å²) < 4.78 is 15.1. The minimum absolute atomic E-state index is 0.0128. The van der Waals surface area contributed by atoms with Gasteiger partial charge in [0.25, 0.3) is 5.90 Å². The van der Waals surface area contributed by atoms with Crippen LogP contribution in [0, 0.1) is 0 Å². The van der Waals surface area contributed by atoms with E-state index in [0.717, 1.165) is 0 Å². The van der Waals surface area contributed by atoms with Crippen molar-refractivity contribution in [1.29, 1.82) is 0 Å². The van der Waals surface area contributed by atoms with Crippen LogP contribution in [0.1, 0.15) is 5.56 Å². The van der Waals surface area contributed by atoms with Gasteiger partial charge in [-0.2, -0.15) is 4.98 Å². The van der Waals surface area contributed by atoms with Crippen molar-refractivity contribution in [3.63, 3.8) is 0 Å². The fourth-order valence-electron chi connectivity index (χ4n) is 2.17. The van der Waals surface area contributed by atoms with E-state index in [9.17, 15) is 0 Å². The highest BCUT2D eigenvalue weighted by Crippen LogP contribution is 2.28. The molecule has 9 nitrogen and oxygen atoms in total. The quantitative estimate of drug-likeness (QED) is 0.352. The second-order valence-electron chi connectivity index (χ2n) is 5.38. The molecule has 0 saturated carbocycles. The molecule has 1 aliphatic heterocycles. The van der Waals surface area contributed by atoms with Gasteiger partial charge in [0.2, 0.25) is 9.67 Å². The molecule has 0 amide bonds. The van der Waals surface area contributed by atoms with E-state index in [1.54, 1.807) is 24.3 Å². The lowest BCUT2D eigenvalue weighted by Crippen LogP contribution is -2.25. The number of halogens is 3. The maximum Gasteiger partial charge on any atom is 0.325 e. The van der Waals surface area contributed by atoms with Gasteiger partial charge in [-0.25, -0.2) is 4.98 Å². The molecule has 2 aromatic rings. The first-order chi connectivity index (χ1) is 14.0. The fourth-order valence-corrected chi connectivity index (χ4v) is 2.34. The molecule has 12 heteroatoms. The molecule has 0 aliphatic carbocycles. The summed E-state index contributed by atoms with van der Waals surface area (Å²) in [7, 11) is 1.41. The summed E-state index contributed by atoms with van der Waals surface area (Å²) in [6.07, 6.45) is 1.45. The van der Waals surface area contributed by atoms with Crippen LogP contribution in [0.25, 0.3) is 0 Å². The Balaban J connectivity index is 1.86. The molecule has 0 fully saturated rings. The summed E-state index contributed by atoms with van der Waals surface area (Å²) in [5, 5.41) is 7.86. The number of benzene rings is 1. The lowest BCUT2D eigenvalue weighted by molar-refractivity contribution is 0.0672. The van der Waals surface area contributed by atoms with Crippen molar-refractivity contribution < 1.29 is 23.9 Å². The number of ether oxygens (including phenoxy) is 3. The van der Waals surface area contributed by atoms with E-state index >= 15 is 0 Å². The standard InChI is InChI=1S/C17H15Cl3N4O5/c1-25-23-14(15-24-28-9-8-26-15)11-4-2-3-5-12(11)29-16-21-7-6-13(22-16)27-10-17(18,19)20/h2-7H,8-10H2,1H3/b23-14-. The van der Waals surface area contributed by atoms with Crippen LogP contribution in [0.5, 0.6) is 17.6 Å². The second kappa shape index (κ2) is 9.82. The van der Waals surface area contributed by atoms with Gasteiger partial charge in [-0.15, -0.1) is 0 Å². The maximum atomic E-state index is 5.81. The molecule has 0 radical (unpaired) electrons. The number of alkyl halides is 3. The molecular weight excluding hydrogens is 447 g/mol. The Labute approximate surface area is 181 Å². The minimum Gasteiger partial charge on any atom is -0.473 e. The van der Waals surface area contributed by atoms with Crippen molar-refractivity contribution in [2.45, 2.75) is 3.79 Å².